The second-order valence-corrected chi connectivity index (χ2v) is 9.33. The first-order valence-corrected chi connectivity index (χ1v) is 9.58. The van der Waals surface area contributed by atoms with E-state index in [1.165, 1.54) is 0 Å². The Bertz CT molecular complexity index is 293. The molecular formula is C14H28O2Si. The number of rotatable bonds is 2. The molecule has 17 heavy (non-hydrogen) atoms. The molecule has 1 fully saturated rings. The summed E-state index contributed by atoms with van der Waals surface area (Å²) in [7, 11) is -1.19. The molecule has 0 bridgehead atoms. The average Bonchev–Trinajstić information content (AvgIpc) is 2.11. The Morgan fingerprint density at radius 1 is 1.35 bits per heavy atom. The van der Waals surface area contributed by atoms with E-state index in [2.05, 4.69) is 40.8 Å². The van der Waals surface area contributed by atoms with Crippen LogP contribution in [0.25, 0.3) is 0 Å². The third kappa shape index (κ3) is 3.00. The SMILES string of the molecule is C[C@@H]1[C@H](C(C)(C)C)CCC(=O)[C@]1(C)O[SiH](C)C. The molecule has 0 aromatic carbocycles. The smallest absolute Gasteiger partial charge is 0.172 e. The Hall–Kier alpha value is -0.153. The number of carbonyl (C=O) groups is 1. The van der Waals surface area contributed by atoms with Crippen LogP contribution in [0.2, 0.25) is 13.1 Å². The zero-order chi connectivity index (χ0) is 13.4. The van der Waals surface area contributed by atoms with Crippen LogP contribution in [0, 0.1) is 17.3 Å². The highest BCUT2D eigenvalue weighted by atomic mass is 28.3. The van der Waals surface area contributed by atoms with Gasteiger partial charge in [-0.1, -0.05) is 27.7 Å². The molecule has 0 spiro atoms. The van der Waals surface area contributed by atoms with Crippen molar-refractivity contribution in [3.63, 3.8) is 0 Å². The summed E-state index contributed by atoms with van der Waals surface area (Å²) in [5.41, 5.74) is -0.278. The maximum absolute atomic E-state index is 12.2. The Kier molecular flexibility index (Phi) is 4.25. The number of hydrogen-bond acceptors (Lipinski definition) is 2. The molecule has 1 aliphatic carbocycles. The second-order valence-electron chi connectivity index (χ2n) is 7.00. The third-order valence-electron chi connectivity index (χ3n) is 4.30. The second kappa shape index (κ2) is 4.85. The van der Waals surface area contributed by atoms with Crippen LogP contribution in [0.15, 0.2) is 0 Å². The third-order valence-corrected chi connectivity index (χ3v) is 5.26. The number of hydrogen-bond donors (Lipinski definition) is 0. The molecule has 0 saturated heterocycles. The largest absolute Gasteiger partial charge is 0.408 e. The van der Waals surface area contributed by atoms with Crippen LogP contribution in [0.3, 0.4) is 0 Å². The van der Waals surface area contributed by atoms with Gasteiger partial charge in [-0.3, -0.25) is 4.79 Å². The minimum atomic E-state index is -1.19. The van der Waals surface area contributed by atoms with Crippen molar-refractivity contribution in [3.05, 3.63) is 0 Å². The van der Waals surface area contributed by atoms with Gasteiger partial charge in [0.25, 0.3) is 0 Å². The topological polar surface area (TPSA) is 26.3 Å². The first kappa shape index (κ1) is 14.9. The predicted molar refractivity (Wildman–Crippen MR) is 74.7 cm³/mol. The van der Waals surface area contributed by atoms with E-state index < -0.39 is 14.6 Å². The highest BCUT2D eigenvalue weighted by Gasteiger charge is 2.49. The van der Waals surface area contributed by atoms with E-state index in [0.717, 1.165) is 6.42 Å². The molecule has 100 valence electrons. The molecule has 1 saturated carbocycles. The molecule has 0 amide bonds. The van der Waals surface area contributed by atoms with Crippen LogP contribution in [-0.4, -0.2) is 20.4 Å². The normalized spacial score (nSPS) is 35.4. The highest BCUT2D eigenvalue weighted by Crippen LogP contribution is 2.46. The van der Waals surface area contributed by atoms with Crippen molar-refractivity contribution in [2.45, 2.75) is 66.2 Å². The van der Waals surface area contributed by atoms with E-state index in [1.807, 2.05) is 6.92 Å². The van der Waals surface area contributed by atoms with Crippen LogP contribution in [-0.2, 0) is 9.22 Å². The number of carbonyl (C=O) groups excluding carboxylic acids is 1. The lowest BCUT2D eigenvalue weighted by molar-refractivity contribution is -0.148. The standard InChI is InChI=1S/C14H28O2Si/c1-10-11(13(2,3)4)8-9-12(15)14(10,5)16-17(6)7/h10-11,17H,8-9H2,1-7H3/t10-,11-,14-/m1/s1. The van der Waals surface area contributed by atoms with Crippen molar-refractivity contribution >= 4 is 14.8 Å². The molecule has 1 aliphatic rings. The van der Waals surface area contributed by atoms with Crippen LogP contribution < -0.4 is 0 Å². The lowest BCUT2D eigenvalue weighted by atomic mass is 9.61. The Morgan fingerprint density at radius 2 is 1.88 bits per heavy atom. The summed E-state index contributed by atoms with van der Waals surface area (Å²) >= 11 is 0. The Labute approximate surface area is 108 Å². The summed E-state index contributed by atoms with van der Waals surface area (Å²) in [6, 6.07) is 0. The van der Waals surface area contributed by atoms with Gasteiger partial charge in [-0.15, -0.1) is 0 Å². The molecule has 0 aliphatic heterocycles. The van der Waals surface area contributed by atoms with Crippen LogP contribution in [0.5, 0.6) is 0 Å². The summed E-state index contributed by atoms with van der Waals surface area (Å²) in [5, 5.41) is 0. The van der Waals surface area contributed by atoms with Crippen molar-refractivity contribution < 1.29 is 9.22 Å². The van der Waals surface area contributed by atoms with Crippen molar-refractivity contribution in [2.75, 3.05) is 0 Å². The quantitative estimate of drug-likeness (QED) is 0.708. The summed E-state index contributed by atoms with van der Waals surface area (Å²) in [4.78, 5) is 12.2. The van der Waals surface area contributed by atoms with Crippen molar-refractivity contribution in [2.24, 2.45) is 17.3 Å². The van der Waals surface area contributed by atoms with E-state index in [1.54, 1.807) is 0 Å². The molecular weight excluding hydrogens is 228 g/mol. The van der Waals surface area contributed by atoms with Gasteiger partial charge in [0.1, 0.15) is 5.60 Å². The minimum absolute atomic E-state index is 0.253. The first-order chi connectivity index (χ1) is 7.59. The van der Waals surface area contributed by atoms with E-state index in [0.29, 0.717) is 24.0 Å². The molecule has 0 aromatic heterocycles. The van der Waals surface area contributed by atoms with Gasteiger partial charge < -0.3 is 4.43 Å². The molecule has 0 heterocycles. The van der Waals surface area contributed by atoms with Gasteiger partial charge in [-0.25, -0.2) is 0 Å². The zero-order valence-electron chi connectivity index (χ0n) is 12.5. The van der Waals surface area contributed by atoms with E-state index in [4.69, 9.17) is 4.43 Å². The number of ketones is 1. The summed E-state index contributed by atoms with van der Waals surface area (Å²) in [6.45, 7) is 15.3. The summed E-state index contributed by atoms with van der Waals surface area (Å²) in [5.74, 6) is 1.20. The van der Waals surface area contributed by atoms with Gasteiger partial charge in [0.05, 0.1) is 0 Å². The summed E-state index contributed by atoms with van der Waals surface area (Å²) < 4.78 is 6.12. The molecule has 2 nitrogen and oxygen atoms in total. The molecule has 0 radical (unpaired) electrons. The molecule has 3 atom stereocenters. The Balaban J connectivity index is 2.98. The first-order valence-electron chi connectivity index (χ1n) is 6.80. The number of Topliss-reactive ketones (excluding diaryl/α,β-unsaturated/α-hetero) is 1. The van der Waals surface area contributed by atoms with Crippen LogP contribution in [0.4, 0.5) is 0 Å². The highest BCUT2D eigenvalue weighted by molar-refractivity contribution is 6.48. The maximum Gasteiger partial charge on any atom is 0.172 e. The molecule has 0 aromatic rings. The molecule has 0 N–H and O–H groups in total. The van der Waals surface area contributed by atoms with E-state index in [-0.39, 0.29) is 5.41 Å². The monoisotopic (exact) mass is 256 g/mol. The average molecular weight is 256 g/mol. The van der Waals surface area contributed by atoms with Crippen molar-refractivity contribution in [3.8, 4) is 0 Å². The predicted octanol–water partition coefficient (Wildman–Crippen LogP) is 3.41. The summed E-state index contributed by atoms with van der Waals surface area (Å²) in [6.07, 6.45) is 1.70. The van der Waals surface area contributed by atoms with Gasteiger partial charge in [0, 0.05) is 6.42 Å². The fraction of sp³-hybridized carbons (Fsp3) is 0.929. The van der Waals surface area contributed by atoms with Crippen molar-refractivity contribution in [1.82, 2.24) is 0 Å². The lowest BCUT2D eigenvalue weighted by Crippen LogP contribution is -2.54. The molecule has 3 heteroatoms. The Morgan fingerprint density at radius 3 is 2.29 bits per heavy atom. The van der Waals surface area contributed by atoms with Gasteiger partial charge in [-0.2, -0.15) is 0 Å². The fourth-order valence-electron chi connectivity index (χ4n) is 3.27. The molecule has 1 rings (SSSR count). The van der Waals surface area contributed by atoms with Gasteiger partial charge in [0.15, 0.2) is 14.8 Å². The molecule has 0 unspecified atom stereocenters. The van der Waals surface area contributed by atoms with Crippen molar-refractivity contribution in [1.29, 1.82) is 0 Å². The van der Waals surface area contributed by atoms with E-state index >= 15 is 0 Å². The fourth-order valence-corrected chi connectivity index (χ4v) is 4.59. The van der Waals surface area contributed by atoms with Gasteiger partial charge in [0.2, 0.25) is 0 Å². The van der Waals surface area contributed by atoms with Gasteiger partial charge >= 0.3 is 0 Å². The zero-order valence-corrected chi connectivity index (χ0v) is 13.6. The lowest BCUT2D eigenvalue weighted by Gasteiger charge is -2.48. The van der Waals surface area contributed by atoms with Crippen LogP contribution >= 0.6 is 0 Å². The minimum Gasteiger partial charge on any atom is -0.408 e. The van der Waals surface area contributed by atoms with E-state index in [9.17, 15) is 4.79 Å². The van der Waals surface area contributed by atoms with Crippen LogP contribution in [0.1, 0.15) is 47.5 Å². The maximum atomic E-state index is 12.2. The van der Waals surface area contributed by atoms with Gasteiger partial charge in [-0.05, 0) is 43.7 Å².